The Kier molecular flexibility index (Phi) is 6.61. The first-order valence-corrected chi connectivity index (χ1v) is 10.9. The van der Waals surface area contributed by atoms with Gasteiger partial charge >= 0.3 is 0 Å². The first kappa shape index (κ1) is 21.6. The molecule has 0 spiro atoms. The highest BCUT2D eigenvalue weighted by molar-refractivity contribution is 7.92. The Bertz CT molecular complexity index is 979. The van der Waals surface area contributed by atoms with Gasteiger partial charge in [0.2, 0.25) is 15.9 Å². The fourth-order valence-corrected chi connectivity index (χ4v) is 4.38. The van der Waals surface area contributed by atoms with Gasteiger partial charge in [-0.1, -0.05) is 25.1 Å². The molecule has 0 bridgehead atoms. The van der Waals surface area contributed by atoms with Gasteiger partial charge in [0.05, 0.1) is 11.9 Å². The molecule has 0 saturated carbocycles. The van der Waals surface area contributed by atoms with Gasteiger partial charge in [-0.3, -0.25) is 13.9 Å². The van der Waals surface area contributed by atoms with E-state index in [9.17, 15) is 18.0 Å². The summed E-state index contributed by atoms with van der Waals surface area (Å²) in [5.74, 6) is -0.566. The molecule has 7 heteroatoms. The molecule has 0 radical (unpaired) electrons. The third-order valence-corrected chi connectivity index (χ3v) is 5.51. The molecular weight excluding hydrogens is 376 g/mol. The standard InChI is InChI=1S/C21H26N2O4S/c1-6-20(21(25)22-18-9-7-8-17(13-18)16(4)24)23(28(5,26)27)19-11-14(2)10-15(3)12-19/h7-13,20H,6H2,1-5H3,(H,22,25)/t20-/m0/s1. The Labute approximate surface area is 166 Å². The zero-order chi connectivity index (χ0) is 21.1. The Morgan fingerprint density at radius 2 is 1.68 bits per heavy atom. The third kappa shape index (κ3) is 5.19. The van der Waals surface area contributed by atoms with E-state index in [1.54, 1.807) is 43.3 Å². The molecule has 0 aliphatic heterocycles. The van der Waals surface area contributed by atoms with E-state index >= 15 is 0 Å². The smallest absolute Gasteiger partial charge is 0.248 e. The second kappa shape index (κ2) is 8.56. The Morgan fingerprint density at radius 3 is 2.18 bits per heavy atom. The summed E-state index contributed by atoms with van der Waals surface area (Å²) in [5.41, 5.74) is 3.20. The second-order valence-electron chi connectivity index (χ2n) is 6.96. The van der Waals surface area contributed by atoms with Crippen molar-refractivity contribution < 1.29 is 18.0 Å². The van der Waals surface area contributed by atoms with Crippen molar-refractivity contribution in [1.29, 1.82) is 0 Å². The SMILES string of the molecule is CC[C@@H](C(=O)Nc1cccc(C(C)=O)c1)N(c1cc(C)cc(C)c1)S(C)(=O)=O. The maximum atomic E-state index is 13.0. The summed E-state index contributed by atoms with van der Waals surface area (Å²) in [4.78, 5) is 24.5. The van der Waals surface area contributed by atoms with Gasteiger partial charge in [-0.05, 0) is 62.6 Å². The van der Waals surface area contributed by atoms with Crippen LogP contribution in [0, 0.1) is 13.8 Å². The molecule has 1 N–H and O–H groups in total. The Morgan fingerprint density at radius 1 is 1.07 bits per heavy atom. The Balaban J connectivity index is 2.42. The molecule has 0 fully saturated rings. The largest absolute Gasteiger partial charge is 0.324 e. The number of ketones is 1. The van der Waals surface area contributed by atoms with E-state index in [0.29, 0.717) is 16.9 Å². The predicted molar refractivity (Wildman–Crippen MR) is 112 cm³/mol. The number of amides is 1. The van der Waals surface area contributed by atoms with Crippen molar-refractivity contribution in [3.8, 4) is 0 Å². The number of carbonyl (C=O) groups excluding carboxylic acids is 2. The van der Waals surface area contributed by atoms with Crippen molar-refractivity contribution in [2.24, 2.45) is 0 Å². The number of hydrogen-bond acceptors (Lipinski definition) is 4. The van der Waals surface area contributed by atoms with E-state index in [4.69, 9.17) is 0 Å². The molecule has 1 atom stereocenters. The number of carbonyl (C=O) groups is 2. The van der Waals surface area contributed by atoms with Crippen molar-refractivity contribution in [1.82, 2.24) is 0 Å². The Hall–Kier alpha value is -2.67. The average molecular weight is 403 g/mol. The van der Waals surface area contributed by atoms with Gasteiger partial charge in [-0.25, -0.2) is 8.42 Å². The number of nitrogens with one attached hydrogen (secondary N) is 1. The highest BCUT2D eigenvalue weighted by Gasteiger charge is 2.31. The normalized spacial score (nSPS) is 12.3. The lowest BCUT2D eigenvalue weighted by atomic mass is 10.1. The molecule has 0 saturated heterocycles. The summed E-state index contributed by atoms with van der Waals surface area (Å²) in [7, 11) is -3.70. The predicted octanol–water partition coefficient (Wildman–Crippen LogP) is 3.69. The van der Waals surface area contributed by atoms with Crippen LogP contribution in [-0.4, -0.2) is 32.4 Å². The molecule has 6 nitrogen and oxygen atoms in total. The van der Waals surface area contributed by atoms with Crippen LogP contribution in [0.4, 0.5) is 11.4 Å². The molecule has 0 aliphatic rings. The monoisotopic (exact) mass is 402 g/mol. The van der Waals surface area contributed by atoms with E-state index in [0.717, 1.165) is 21.7 Å². The van der Waals surface area contributed by atoms with Crippen LogP contribution < -0.4 is 9.62 Å². The van der Waals surface area contributed by atoms with Gasteiger partial charge in [0.15, 0.2) is 5.78 Å². The minimum Gasteiger partial charge on any atom is -0.324 e. The van der Waals surface area contributed by atoms with Crippen LogP contribution >= 0.6 is 0 Å². The lowest BCUT2D eigenvalue weighted by molar-refractivity contribution is -0.117. The van der Waals surface area contributed by atoms with Crippen molar-refractivity contribution >= 4 is 33.1 Å². The fraction of sp³-hybridized carbons (Fsp3) is 0.333. The highest BCUT2D eigenvalue weighted by Crippen LogP contribution is 2.26. The highest BCUT2D eigenvalue weighted by atomic mass is 32.2. The fourth-order valence-electron chi connectivity index (χ4n) is 3.18. The molecule has 28 heavy (non-hydrogen) atoms. The molecule has 0 aliphatic carbocycles. The van der Waals surface area contributed by atoms with Gasteiger partial charge < -0.3 is 5.32 Å². The molecule has 0 heterocycles. The number of aryl methyl sites for hydroxylation is 2. The maximum absolute atomic E-state index is 13.0. The van der Waals surface area contributed by atoms with Crippen LogP contribution in [0.3, 0.4) is 0 Å². The summed E-state index contributed by atoms with van der Waals surface area (Å²) in [6.07, 6.45) is 1.38. The lowest BCUT2D eigenvalue weighted by Crippen LogP contribution is -2.47. The molecule has 2 aromatic carbocycles. The average Bonchev–Trinajstić information content (AvgIpc) is 2.57. The van der Waals surface area contributed by atoms with Gasteiger partial charge in [0, 0.05) is 11.3 Å². The van der Waals surface area contributed by atoms with Crippen LogP contribution in [0.25, 0.3) is 0 Å². The maximum Gasteiger partial charge on any atom is 0.248 e. The van der Waals surface area contributed by atoms with Gasteiger partial charge in [-0.15, -0.1) is 0 Å². The number of nitrogens with zero attached hydrogens (tertiary/aromatic N) is 1. The van der Waals surface area contributed by atoms with Crippen molar-refractivity contribution in [2.75, 3.05) is 15.9 Å². The molecule has 1 amide bonds. The van der Waals surface area contributed by atoms with Gasteiger partial charge in [0.25, 0.3) is 0 Å². The minimum absolute atomic E-state index is 0.115. The van der Waals surface area contributed by atoms with Crippen LogP contribution in [0.5, 0.6) is 0 Å². The second-order valence-corrected chi connectivity index (χ2v) is 8.81. The van der Waals surface area contributed by atoms with E-state index in [1.165, 1.54) is 6.92 Å². The van der Waals surface area contributed by atoms with E-state index in [-0.39, 0.29) is 12.2 Å². The minimum atomic E-state index is -3.70. The number of benzene rings is 2. The summed E-state index contributed by atoms with van der Waals surface area (Å²) in [6, 6.07) is 11.1. The lowest BCUT2D eigenvalue weighted by Gasteiger charge is -2.30. The van der Waals surface area contributed by atoms with E-state index < -0.39 is 22.0 Å². The zero-order valence-electron chi connectivity index (χ0n) is 16.8. The van der Waals surface area contributed by atoms with Crippen LogP contribution in [0.15, 0.2) is 42.5 Å². The number of sulfonamides is 1. The van der Waals surface area contributed by atoms with Crippen LogP contribution in [0.1, 0.15) is 41.8 Å². The summed E-state index contributed by atoms with van der Waals surface area (Å²) >= 11 is 0. The number of rotatable bonds is 7. The van der Waals surface area contributed by atoms with Gasteiger partial charge in [-0.2, -0.15) is 0 Å². The topological polar surface area (TPSA) is 83.6 Å². The van der Waals surface area contributed by atoms with Crippen LogP contribution in [-0.2, 0) is 14.8 Å². The molecule has 0 unspecified atom stereocenters. The van der Waals surface area contributed by atoms with E-state index in [2.05, 4.69) is 5.32 Å². The first-order valence-electron chi connectivity index (χ1n) is 9.02. The van der Waals surface area contributed by atoms with Crippen molar-refractivity contribution in [2.45, 2.75) is 40.2 Å². The summed E-state index contributed by atoms with van der Waals surface area (Å²) in [5, 5.41) is 2.74. The summed E-state index contributed by atoms with van der Waals surface area (Å²) < 4.78 is 26.3. The molecule has 0 aromatic heterocycles. The molecule has 2 rings (SSSR count). The molecular formula is C21H26N2O4S. The summed E-state index contributed by atoms with van der Waals surface area (Å²) in [6.45, 7) is 6.97. The number of hydrogen-bond donors (Lipinski definition) is 1. The van der Waals surface area contributed by atoms with Crippen LogP contribution in [0.2, 0.25) is 0 Å². The quantitative estimate of drug-likeness (QED) is 0.716. The molecule has 150 valence electrons. The van der Waals surface area contributed by atoms with Crippen molar-refractivity contribution in [3.05, 3.63) is 59.2 Å². The first-order chi connectivity index (χ1) is 13.0. The third-order valence-electron chi connectivity index (χ3n) is 4.33. The van der Waals surface area contributed by atoms with Crippen molar-refractivity contribution in [3.63, 3.8) is 0 Å². The van der Waals surface area contributed by atoms with E-state index in [1.807, 2.05) is 19.9 Å². The number of anilines is 2. The zero-order valence-corrected chi connectivity index (χ0v) is 17.6. The number of Topliss-reactive ketones (excluding diaryl/α,β-unsaturated/α-hetero) is 1. The van der Waals surface area contributed by atoms with Gasteiger partial charge in [0.1, 0.15) is 6.04 Å². The molecule has 2 aromatic rings.